The summed E-state index contributed by atoms with van der Waals surface area (Å²) in [6, 6.07) is 5.31. The summed E-state index contributed by atoms with van der Waals surface area (Å²) in [7, 11) is 0. The molecule has 1 atom stereocenters. The molecule has 24 heavy (non-hydrogen) atoms. The molecular formula is C16H21F3N4O. The second-order valence-corrected chi connectivity index (χ2v) is 5.53. The van der Waals surface area contributed by atoms with Gasteiger partial charge in [0.25, 0.3) is 5.91 Å². The Balaban J connectivity index is 0.00000100. The number of pyridine rings is 1. The fraction of sp³-hybridized carbons (Fsp3) is 0.562. The highest BCUT2D eigenvalue weighted by atomic mass is 19.4. The number of piperidine rings is 1. The number of alkyl halides is 3. The van der Waals surface area contributed by atoms with E-state index in [2.05, 4.69) is 15.4 Å². The summed E-state index contributed by atoms with van der Waals surface area (Å²) in [6.45, 7) is 3.55. The maximum Gasteiger partial charge on any atom is 0.408 e. The van der Waals surface area contributed by atoms with E-state index in [1.807, 2.05) is 13.8 Å². The number of amides is 1. The van der Waals surface area contributed by atoms with Crippen molar-refractivity contribution in [2.45, 2.75) is 32.9 Å². The van der Waals surface area contributed by atoms with Crippen LogP contribution >= 0.6 is 0 Å². The Hall–Kier alpha value is -1.96. The fourth-order valence-corrected chi connectivity index (χ4v) is 2.96. The molecule has 1 aromatic heterocycles. The summed E-state index contributed by atoms with van der Waals surface area (Å²) in [5.41, 5.74) is 0.143. The molecule has 1 saturated heterocycles. The fourth-order valence-electron chi connectivity index (χ4n) is 2.96. The average molecular weight is 342 g/mol. The number of halogens is 3. The van der Waals surface area contributed by atoms with E-state index in [1.165, 1.54) is 0 Å². The molecule has 0 spiro atoms. The molecule has 3 rings (SSSR count). The molecule has 1 amide bonds. The van der Waals surface area contributed by atoms with Crippen molar-refractivity contribution in [3.8, 4) is 0 Å². The molecule has 132 valence electrons. The Bertz CT molecular complexity index is 603. The van der Waals surface area contributed by atoms with Gasteiger partial charge in [-0.3, -0.25) is 9.78 Å². The van der Waals surface area contributed by atoms with Gasteiger partial charge in [-0.1, -0.05) is 19.9 Å². The second-order valence-electron chi connectivity index (χ2n) is 5.53. The van der Waals surface area contributed by atoms with Crippen LogP contribution in [0.25, 0.3) is 0 Å². The first-order valence-electron chi connectivity index (χ1n) is 7.98. The molecule has 0 aromatic carbocycles. The van der Waals surface area contributed by atoms with Crippen molar-refractivity contribution < 1.29 is 18.0 Å². The Morgan fingerprint density at radius 1 is 1.33 bits per heavy atom. The third-order valence-electron chi connectivity index (χ3n) is 3.94. The van der Waals surface area contributed by atoms with Gasteiger partial charge in [-0.15, -0.1) is 0 Å². The SMILES string of the molecule is CC.O=C1N(CC(F)(F)F)N=C2CCNCC12Cc1ccccn1. The third-order valence-corrected chi connectivity index (χ3v) is 3.94. The highest BCUT2D eigenvalue weighted by Gasteiger charge is 2.53. The Kier molecular flexibility index (Phi) is 5.58. The van der Waals surface area contributed by atoms with Crippen molar-refractivity contribution in [2.24, 2.45) is 10.5 Å². The van der Waals surface area contributed by atoms with Crippen LogP contribution < -0.4 is 5.32 Å². The Morgan fingerprint density at radius 3 is 2.71 bits per heavy atom. The van der Waals surface area contributed by atoms with Crippen molar-refractivity contribution in [2.75, 3.05) is 19.6 Å². The predicted molar refractivity (Wildman–Crippen MR) is 84.4 cm³/mol. The molecule has 8 heteroatoms. The molecule has 0 aliphatic carbocycles. The lowest BCUT2D eigenvalue weighted by atomic mass is 9.75. The molecule has 5 nitrogen and oxygen atoms in total. The van der Waals surface area contributed by atoms with Gasteiger partial charge in [0.05, 0.1) is 5.71 Å². The van der Waals surface area contributed by atoms with Gasteiger partial charge in [-0.25, -0.2) is 5.01 Å². The molecule has 0 bridgehead atoms. The topological polar surface area (TPSA) is 57.6 Å². The van der Waals surface area contributed by atoms with Gasteiger partial charge in [0.1, 0.15) is 12.0 Å². The first-order valence-corrected chi connectivity index (χ1v) is 7.98. The van der Waals surface area contributed by atoms with E-state index in [9.17, 15) is 18.0 Å². The molecule has 0 radical (unpaired) electrons. The highest BCUT2D eigenvalue weighted by molar-refractivity contribution is 6.13. The summed E-state index contributed by atoms with van der Waals surface area (Å²) >= 11 is 0. The summed E-state index contributed by atoms with van der Waals surface area (Å²) < 4.78 is 37.9. The first kappa shape index (κ1) is 18.4. The van der Waals surface area contributed by atoms with Gasteiger partial charge in [0.2, 0.25) is 0 Å². The number of nitrogens with zero attached hydrogens (tertiary/aromatic N) is 3. The number of carbonyl (C=O) groups is 1. The van der Waals surface area contributed by atoms with E-state index in [0.717, 1.165) is 0 Å². The van der Waals surface area contributed by atoms with E-state index in [4.69, 9.17) is 0 Å². The number of nitrogens with one attached hydrogen (secondary N) is 1. The standard InChI is InChI=1S/C14H15F3N4O.C2H6/c15-14(16,17)9-21-12(22)13(7-10-3-1-2-5-19-10)8-18-6-4-11(13)20-21;1-2/h1-3,5,18H,4,6-9H2;1-2H3. The van der Waals surface area contributed by atoms with Gasteiger partial charge >= 0.3 is 6.18 Å². The molecule has 2 aliphatic rings. The average Bonchev–Trinajstić information content (AvgIpc) is 2.81. The summed E-state index contributed by atoms with van der Waals surface area (Å²) in [6.07, 6.45) is -2.14. The summed E-state index contributed by atoms with van der Waals surface area (Å²) in [5.74, 6) is -0.599. The lowest BCUT2D eigenvalue weighted by Crippen LogP contribution is -2.53. The molecule has 1 unspecified atom stereocenters. The first-order chi connectivity index (χ1) is 11.4. The van der Waals surface area contributed by atoms with Crippen molar-refractivity contribution in [1.29, 1.82) is 0 Å². The molecule has 3 heterocycles. The Morgan fingerprint density at radius 2 is 2.08 bits per heavy atom. The number of aromatic nitrogens is 1. The van der Waals surface area contributed by atoms with E-state index in [0.29, 0.717) is 29.4 Å². The zero-order valence-corrected chi connectivity index (χ0v) is 13.7. The third kappa shape index (κ3) is 3.75. The van der Waals surface area contributed by atoms with E-state index >= 15 is 0 Å². The minimum Gasteiger partial charge on any atom is -0.315 e. The largest absolute Gasteiger partial charge is 0.408 e. The second kappa shape index (κ2) is 7.29. The normalized spacial score (nSPS) is 23.3. The van der Waals surface area contributed by atoms with E-state index in [-0.39, 0.29) is 13.0 Å². The molecule has 1 N–H and O–H groups in total. The van der Waals surface area contributed by atoms with Crippen molar-refractivity contribution in [1.82, 2.24) is 15.3 Å². The van der Waals surface area contributed by atoms with Crippen molar-refractivity contribution in [3.63, 3.8) is 0 Å². The van der Waals surface area contributed by atoms with Crippen molar-refractivity contribution >= 4 is 11.6 Å². The molecule has 2 aliphatic heterocycles. The van der Waals surface area contributed by atoms with Crippen LogP contribution in [0.3, 0.4) is 0 Å². The van der Waals surface area contributed by atoms with Gasteiger partial charge < -0.3 is 5.32 Å². The monoisotopic (exact) mass is 342 g/mol. The lowest BCUT2D eigenvalue weighted by Gasteiger charge is -2.32. The van der Waals surface area contributed by atoms with Crippen LogP contribution in [0, 0.1) is 5.41 Å². The zero-order valence-electron chi connectivity index (χ0n) is 13.7. The molecule has 1 fully saturated rings. The van der Waals surface area contributed by atoms with E-state index in [1.54, 1.807) is 24.4 Å². The number of hydrazone groups is 1. The number of fused-ring (bicyclic) bond motifs is 1. The van der Waals surface area contributed by atoms with Gasteiger partial charge in [-0.2, -0.15) is 18.3 Å². The number of carbonyl (C=O) groups excluding carboxylic acids is 1. The van der Waals surface area contributed by atoms with Crippen LogP contribution in [-0.4, -0.2) is 47.4 Å². The van der Waals surface area contributed by atoms with Crippen molar-refractivity contribution in [3.05, 3.63) is 30.1 Å². The van der Waals surface area contributed by atoms with Crippen LogP contribution in [0.15, 0.2) is 29.5 Å². The quantitative estimate of drug-likeness (QED) is 0.918. The smallest absolute Gasteiger partial charge is 0.315 e. The predicted octanol–water partition coefficient (Wildman–Crippen LogP) is 2.39. The number of hydrogen-bond donors (Lipinski definition) is 1. The van der Waals surface area contributed by atoms with Crippen LogP contribution in [0.1, 0.15) is 26.0 Å². The molecule has 0 saturated carbocycles. The van der Waals surface area contributed by atoms with Gasteiger partial charge in [-0.05, 0) is 12.1 Å². The zero-order chi connectivity index (χ0) is 17.8. The minimum absolute atomic E-state index is 0.257. The van der Waals surface area contributed by atoms with E-state index < -0.39 is 24.0 Å². The molecule has 1 aromatic rings. The number of hydrogen-bond acceptors (Lipinski definition) is 4. The van der Waals surface area contributed by atoms with Gasteiger partial charge in [0.15, 0.2) is 0 Å². The van der Waals surface area contributed by atoms with Crippen LogP contribution in [0.4, 0.5) is 13.2 Å². The summed E-state index contributed by atoms with van der Waals surface area (Å²) in [4.78, 5) is 16.8. The minimum atomic E-state index is -4.47. The highest BCUT2D eigenvalue weighted by Crippen LogP contribution is 2.36. The van der Waals surface area contributed by atoms with Crippen LogP contribution in [0.5, 0.6) is 0 Å². The van der Waals surface area contributed by atoms with Gasteiger partial charge in [0, 0.05) is 37.8 Å². The lowest BCUT2D eigenvalue weighted by molar-refractivity contribution is -0.163. The maximum atomic E-state index is 12.6. The number of rotatable bonds is 3. The Labute approximate surface area is 138 Å². The van der Waals surface area contributed by atoms with Crippen LogP contribution in [-0.2, 0) is 11.2 Å². The molecular weight excluding hydrogens is 321 g/mol. The summed E-state index contributed by atoms with van der Waals surface area (Å²) in [5, 5.41) is 7.61. The maximum absolute atomic E-state index is 12.6. The van der Waals surface area contributed by atoms with Crippen LogP contribution in [0.2, 0.25) is 0 Å².